The number of nitrogens with two attached hydrogens (primary N) is 1. The summed E-state index contributed by atoms with van der Waals surface area (Å²) in [5, 5.41) is 0. The predicted molar refractivity (Wildman–Crippen MR) is 64.0 cm³/mol. The quantitative estimate of drug-likeness (QED) is 0.799. The Morgan fingerprint density at radius 1 is 1.26 bits per heavy atom. The second-order valence-corrected chi connectivity index (χ2v) is 5.00. The highest BCUT2D eigenvalue weighted by molar-refractivity contribution is 5.30. The molecule has 1 aromatic rings. The van der Waals surface area contributed by atoms with Gasteiger partial charge in [-0.3, -0.25) is 4.90 Å². The Balaban J connectivity index is 2.41. The fourth-order valence-corrected chi connectivity index (χ4v) is 2.65. The molecule has 1 heterocycles. The van der Waals surface area contributed by atoms with Crippen molar-refractivity contribution in [1.29, 1.82) is 0 Å². The first-order chi connectivity index (χ1) is 8.79. The van der Waals surface area contributed by atoms with E-state index in [2.05, 4.69) is 0 Å². The van der Waals surface area contributed by atoms with E-state index in [0.29, 0.717) is 11.6 Å². The van der Waals surface area contributed by atoms with E-state index in [0.717, 1.165) is 31.5 Å². The van der Waals surface area contributed by atoms with Gasteiger partial charge in [0.15, 0.2) is 0 Å². The maximum absolute atomic E-state index is 13.4. The Bertz CT molecular complexity index is 448. The van der Waals surface area contributed by atoms with E-state index in [1.54, 1.807) is 7.05 Å². The van der Waals surface area contributed by atoms with Crippen LogP contribution in [0.1, 0.15) is 30.0 Å². The molecular formula is C13H16F4N2. The molecule has 1 saturated heterocycles. The van der Waals surface area contributed by atoms with Crippen LogP contribution in [0.25, 0.3) is 0 Å². The molecule has 106 valence electrons. The van der Waals surface area contributed by atoms with Gasteiger partial charge in [0.25, 0.3) is 0 Å². The number of likely N-dealkylation sites (tertiary alicyclic amines) is 1. The van der Waals surface area contributed by atoms with Crippen LogP contribution in [-0.2, 0) is 6.18 Å². The molecule has 2 unspecified atom stereocenters. The summed E-state index contributed by atoms with van der Waals surface area (Å²) in [6.07, 6.45) is -2.92. The largest absolute Gasteiger partial charge is 0.416 e. The van der Waals surface area contributed by atoms with Gasteiger partial charge in [0.2, 0.25) is 0 Å². The number of piperidine rings is 1. The van der Waals surface area contributed by atoms with E-state index in [9.17, 15) is 17.6 Å². The van der Waals surface area contributed by atoms with Crippen LogP contribution in [0.15, 0.2) is 18.2 Å². The Morgan fingerprint density at radius 3 is 2.53 bits per heavy atom. The normalized spacial score (nSPS) is 25.6. The average molecular weight is 276 g/mol. The Labute approximate surface area is 109 Å². The SMILES string of the molecule is CN1CCCC(N)C1c1cc(F)cc(C(F)(F)F)c1. The van der Waals surface area contributed by atoms with E-state index in [4.69, 9.17) is 5.73 Å². The first-order valence-electron chi connectivity index (χ1n) is 6.12. The number of alkyl halides is 3. The van der Waals surface area contributed by atoms with Crippen LogP contribution in [0, 0.1) is 5.82 Å². The number of hydrogen-bond donors (Lipinski definition) is 1. The van der Waals surface area contributed by atoms with Gasteiger partial charge in [0.05, 0.1) is 5.56 Å². The minimum Gasteiger partial charge on any atom is -0.326 e. The third kappa shape index (κ3) is 3.06. The number of likely N-dealkylation sites (N-methyl/N-ethyl adjacent to an activating group) is 1. The summed E-state index contributed by atoms with van der Waals surface area (Å²) in [6, 6.07) is 2.00. The highest BCUT2D eigenvalue weighted by atomic mass is 19.4. The Morgan fingerprint density at radius 2 is 1.95 bits per heavy atom. The van der Waals surface area contributed by atoms with Gasteiger partial charge in [-0.2, -0.15) is 13.2 Å². The molecule has 1 aromatic carbocycles. The lowest BCUT2D eigenvalue weighted by molar-refractivity contribution is -0.137. The lowest BCUT2D eigenvalue weighted by Gasteiger charge is -2.37. The lowest BCUT2D eigenvalue weighted by Crippen LogP contribution is -2.44. The minimum atomic E-state index is -4.55. The van der Waals surface area contributed by atoms with Gasteiger partial charge in [-0.15, -0.1) is 0 Å². The molecule has 0 aromatic heterocycles. The van der Waals surface area contributed by atoms with Crippen molar-refractivity contribution in [2.24, 2.45) is 5.73 Å². The van der Waals surface area contributed by atoms with Crippen LogP contribution in [-0.4, -0.2) is 24.5 Å². The first kappa shape index (κ1) is 14.3. The van der Waals surface area contributed by atoms with Crippen molar-refractivity contribution < 1.29 is 17.6 Å². The molecular weight excluding hydrogens is 260 g/mol. The second-order valence-electron chi connectivity index (χ2n) is 5.00. The molecule has 6 heteroatoms. The lowest BCUT2D eigenvalue weighted by atomic mass is 9.90. The number of hydrogen-bond acceptors (Lipinski definition) is 2. The van der Waals surface area contributed by atoms with E-state index < -0.39 is 17.6 Å². The molecule has 0 bridgehead atoms. The maximum Gasteiger partial charge on any atom is 0.416 e. The third-order valence-corrected chi connectivity index (χ3v) is 3.52. The second kappa shape index (κ2) is 5.09. The Kier molecular flexibility index (Phi) is 3.82. The Hall–Kier alpha value is -1.14. The molecule has 0 amide bonds. The summed E-state index contributed by atoms with van der Waals surface area (Å²) >= 11 is 0. The number of nitrogens with zero attached hydrogens (tertiary/aromatic N) is 1. The smallest absolute Gasteiger partial charge is 0.326 e. The molecule has 1 aliphatic heterocycles. The highest BCUT2D eigenvalue weighted by Crippen LogP contribution is 2.35. The van der Waals surface area contributed by atoms with Crippen molar-refractivity contribution >= 4 is 0 Å². The predicted octanol–water partition coefficient (Wildman–Crippen LogP) is 2.94. The summed E-state index contributed by atoms with van der Waals surface area (Å²) in [4.78, 5) is 1.88. The summed E-state index contributed by atoms with van der Waals surface area (Å²) in [5.41, 5.74) is 5.29. The molecule has 2 nitrogen and oxygen atoms in total. The van der Waals surface area contributed by atoms with Gasteiger partial charge < -0.3 is 5.73 Å². The van der Waals surface area contributed by atoms with Gasteiger partial charge in [-0.05, 0) is 50.2 Å². The van der Waals surface area contributed by atoms with Gasteiger partial charge in [0, 0.05) is 12.1 Å². The third-order valence-electron chi connectivity index (χ3n) is 3.52. The molecule has 19 heavy (non-hydrogen) atoms. The molecule has 2 N–H and O–H groups in total. The molecule has 0 saturated carbocycles. The van der Waals surface area contributed by atoms with Gasteiger partial charge in [-0.1, -0.05) is 0 Å². The molecule has 1 fully saturated rings. The zero-order chi connectivity index (χ0) is 14.2. The van der Waals surface area contributed by atoms with Crippen molar-refractivity contribution in [2.75, 3.05) is 13.6 Å². The summed E-state index contributed by atoms with van der Waals surface area (Å²) in [7, 11) is 1.79. The van der Waals surface area contributed by atoms with Crippen molar-refractivity contribution in [3.63, 3.8) is 0 Å². The van der Waals surface area contributed by atoms with Gasteiger partial charge in [0.1, 0.15) is 5.82 Å². The standard InChI is InChI=1S/C13H16F4N2/c1-19-4-2-3-11(18)12(19)8-5-9(13(15,16)17)7-10(14)6-8/h5-7,11-12H,2-4,18H2,1H3. The fraction of sp³-hybridized carbons (Fsp3) is 0.538. The topological polar surface area (TPSA) is 29.3 Å². The highest BCUT2D eigenvalue weighted by Gasteiger charge is 2.34. The summed E-state index contributed by atoms with van der Waals surface area (Å²) in [5.74, 6) is -0.879. The van der Waals surface area contributed by atoms with Crippen molar-refractivity contribution in [1.82, 2.24) is 4.90 Å². The van der Waals surface area contributed by atoms with E-state index in [-0.39, 0.29) is 12.1 Å². The van der Waals surface area contributed by atoms with Crippen LogP contribution in [0.4, 0.5) is 17.6 Å². The maximum atomic E-state index is 13.4. The number of benzene rings is 1. The molecule has 2 atom stereocenters. The zero-order valence-electron chi connectivity index (χ0n) is 10.5. The van der Waals surface area contributed by atoms with E-state index in [1.165, 1.54) is 0 Å². The molecule has 0 radical (unpaired) electrons. The van der Waals surface area contributed by atoms with Gasteiger partial charge >= 0.3 is 6.18 Å². The van der Waals surface area contributed by atoms with Crippen LogP contribution >= 0.6 is 0 Å². The van der Waals surface area contributed by atoms with E-state index in [1.807, 2.05) is 4.90 Å². The van der Waals surface area contributed by atoms with Crippen molar-refractivity contribution in [3.05, 3.63) is 35.1 Å². The monoisotopic (exact) mass is 276 g/mol. The van der Waals surface area contributed by atoms with Crippen LogP contribution in [0.2, 0.25) is 0 Å². The molecule has 2 rings (SSSR count). The van der Waals surface area contributed by atoms with Crippen LogP contribution in [0.5, 0.6) is 0 Å². The fourth-order valence-electron chi connectivity index (χ4n) is 2.65. The molecule has 1 aliphatic rings. The molecule has 0 spiro atoms. The summed E-state index contributed by atoms with van der Waals surface area (Å²) < 4.78 is 51.5. The number of rotatable bonds is 1. The first-order valence-corrected chi connectivity index (χ1v) is 6.12. The van der Waals surface area contributed by atoms with Gasteiger partial charge in [-0.25, -0.2) is 4.39 Å². The molecule has 0 aliphatic carbocycles. The number of halogens is 4. The summed E-state index contributed by atoms with van der Waals surface area (Å²) in [6.45, 7) is 0.746. The zero-order valence-corrected chi connectivity index (χ0v) is 10.5. The average Bonchev–Trinajstić information content (AvgIpc) is 2.26. The van der Waals surface area contributed by atoms with Crippen molar-refractivity contribution in [2.45, 2.75) is 31.1 Å². The minimum absolute atomic E-state index is 0.276. The van der Waals surface area contributed by atoms with Crippen LogP contribution < -0.4 is 5.73 Å². The van der Waals surface area contributed by atoms with E-state index >= 15 is 0 Å². The van der Waals surface area contributed by atoms with Crippen LogP contribution in [0.3, 0.4) is 0 Å². The van der Waals surface area contributed by atoms with Crippen molar-refractivity contribution in [3.8, 4) is 0 Å².